The lowest BCUT2D eigenvalue weighted by Gasteiger charge is -2.18. The van der Waals surface area contributed by atoms with Crippen LogP contribution in [0.25, 0.3) is 0 Å². The smallest absolute Gasteiger partial charge is 0.335 e. The van der Waals surface area contributed by atoms with Gasteiger partial charge in [-0.2, -0.15) is 0 Å². The van der Waals surface area contributed by atoms with Crippen LogP contribution in [0.4, 0.5) is 11.4 Å². The predicted molar refractivity (Wildman–Crippen MR) is 125 cm³/mol. The molecule has 1 aliphatic carbocycles. The van der Waals surface area contributed by atoms with Crippen molar-refractivity contribution in [2.75, 3.05) is 10.6 Å². The summed E-state index contributed by atoms with van der Waals surface area (Å²) in [5.74, 6) is -1.19. The van der Waals surface area contributed by atoms with E-state index in [4.69, 9.17) is 0 Å². The maximum atomic E-state index is 13.2. The second kappa shape index (κ2) is 9.70. The average Bonchev–Trinajstić information content (AvgIpc) is 3.64. The van der Waals surface area contributed by atoms with Gasteiger partial charge in [0.15, 0.2) is 0 Å². The number of hydrogen-bond donors (Lipinski definition) is 3. The van der Waals surface area contributed by atoms with Gasteiger partial charge >= 0.3 is 5.97 Å². The molecule has 1 saturated carbocycles. The van der Waals surface area contributed by atoms with E-state index in [1.165, 1.54) is 23.9 Å². The molecule has 2 amide bonds. The molecule has 162 valence electrons. The summed E-state index contributed by atoms with van der Waals surface area (Å²) in [6.07, 6.45) is 1.86. The summed E-state index contributed by atoms with van der Waals surface area (Å²) in [6.45, 7) is 0. The van der Waals surface area contributed by atoms with Crippen molar-refractivity contribution in [3.8, 4) is 0 Å². The van der Waals surface area contributed by atoms with Gasteiger partial charge in [-0.05, 0) is 54.8 Å². The van der Waals surface area contributed by atoms with Crippen LogP contribution in [0, 0.1) is 5.92 Å². The van der Waals surface area contributed by atoms with Gasteiger partial charge in [0.1, 0.15) is 5.25 Å². The van der Waals surface area contributed by atoms with Gasteiger partial charge in [0.2, 0.25) is 11.8 Å². The number of nitrogens with one attached hydrogen (secondary N) is 2. The molecule has 7 heteroatoms. The highest BCUT2D eigenvalue weighted by Crippen LogP contribution is 2.37. The topological polar surface area (TPSA) is 95.5 Å². The highest BCUT2D eigenvalue weighted by Gasteiger charge is 2.29. The third kappa shape index (κ3) is 5.56. The van der Waals surface area contributed by atoms with Gasteiger partial charge in [-0.15, -0.1) is 11.8 Å². The number of carbonyl (C=O) groups excluding carboxylic acids is 2. The van der Waals surface area contributed by atoms with E-state index in [0.29, 0.717) is 11.4 Å². The summed E-state index contributed by atoms with van der Waals surface area (Å²) >= 11 is 1.37. The van der Waals surface area contributed by atoms with Gasteiger partial charge in [0.05, 0.1) is 5.56 Å². The Hall–Kier alpha value is -3.58. The van der Waals surface area contributed by atoms with Crippen LogP contribution in [0.3, 0.4) is 0 Å². The summed E-state index contributed by atoms with van der Waals surface area (Å²) in [5, 5.41) is 14.4. The predicted octanol–water partition coefficient (Wildman–Crippen LogP) is 5.21. The third-order valence-electron chi connectivity index (χ3n) is 5.02. The summed E-state index contributed by atoms with van der Waals surface area (Å²) in [4.78, 5) is 37.4. The second-order valence-electron chi connectivity index (χ2n) is 7.58. The molecule has 0 saturated heterocycles. The normalized spacial score (nSPS) is 13.8. The molecular weight excluding hydrogens is 424 g/mol. The van der Waals surface area contributed by atoms with Crippen molar-refractivity contribution in [2.24, 2.45) is 5.92 Å². The van der Waals surface area contributed by atoms with Crippen LogP contribution in [-0.2, 0) is 9.59 Å². The molecule has 4 rings (SSSR count). The molecule has 0 bridgehead atoms. The molecule has 3 aromatic rings. The Morgan fingerprint density at radius 3 is 2.22 bits per heavy atom. The largest absolute Gasteiger partial charge is 0.478 e. The molecule has 0 spiro atoms. The van der Waals surface area contributed by atoms with Crippen molar-refractivity contribution in [1.82, 2.24) is 0 Å². The van der Waals surface area contributed by atoms with Crippen molar-refractivity contribution >= 4 is 40.9 Å². The molecular formula is C25H22N2O4S. The fourth-order valence-electron chi connectivity index (χ4n) is 3.21. The van der Waals surface area contributed by atoms with Gasteiger partial charge in [-0.1, -0.05) is 42.5 Å². The van der Waals surface area contributed by atoms with Crippen LogP contribution < -0.4 is 10.6 Å². The minimum absolute atomic E-state index is 0.0304. The molecule has 0 radical (unpaired) electrons. The van der Waals surface area contributed by atoms with Crippen LogP contribution in [0.1, 0.15) is 34.0 Å². The first-order valence-electron chi connectivity index (χ1n) is 10.3. The first kappa shape index (κ1) is 21.6. The third-order valence-corrected chi connectivity index (χ3v) is 6.27. The second-order valence-corrected chi connectivity index (χ2v) is 8.75. The van der Waals surface area contributed by atoms with Crippen molar-refractivity contribution < 1.29 is 19.5 Å². The zero-order valence-corrected chi connectivity index (χ0v) is 18.0. The van der Waals surface area contributed by atoms with E-state index in [9.17, 15) is 19.5 Å². The zero-order valence-electron chi connectivity index (χ0n) is 17.2. The van der Waals surface area contributed by atoms with Crippen LogP contribution in [0.15, 0.2) is 83.8 Å². The van der Waals surface area contributed by atoms with Crippen LogP contribution in [0.2, 0.25) is 0 Å². The number of carboxylic acids is 1. The van der Waals surface area contributed by atoms with Gasteiger partial charge in [-0.25, -0.2) is 4.79 Å². The quantitative estimate of drug-likeness (QED) is 0.413. The lowest BCUT2D eigenvalue weighted by Crippen LogP contribution is -2.19. The molecule has 1 atom stereocenters. The van der Waals surface area contributed by atoms with Crippen molar-refractivity contribution in [1.29, 1.82) is 0 Å². The molecule has 1 fully saturated rings. The highest BCUT2D eigenvalue weighted by atomic mass is 32.2. The SMILES string of the molecule is O=C(O)c1cccc(NC(=O)C(Sc2cccc(NC(=O)C3CC3)c2)c2ccccc2)c1. The maximum Gasteiger partial charge on any atom is 0.335 e. The Morgan fingerprint density at radius 2 is 1.53 bits per heavy atom. The van der Waals surface area contributed by atoms with E-state index in [0.717, 1.165) is 23.3 Å². The Morgan fingerprint density at radius 1 is 0.844 bits per heavy atom. The average molecular weight is 447 g/mol. The first-order chi connectivity index (χ1) is 15.5. The number of aromatic carboxylic acids is 1. The Balaban J connectivity index is 1.55. The number of carboxylic acid groups (broad SMARTS) is 1. The van der Waals surface area contributed by atoms with Crippen LogP contribution in [0.5, 0.6) is 0 Å². The monoisotopic (exact) mass is 446 g/mol. The number of thioether (sulfide) groups is 1. The fourth-order valence-corrected chi connectivity index (χ4v) is 4.30. The molecule has 3 aromatic carbocycles. The van der Waals surface area contributed by atoms with Crippen LogP contribution >= 0.6 is 11.8 Å². The zero-order chi connectivity index (χ0) is 22.5. The minimum Gasteiger partial charge on any atom is -0.478 e. The molecule has 0 heterocycles. The maximum absolute atomic E-state index is 13.2. The Labute approximate surface area is 190 Å². The number of carbonyl (C=O) groups is 3. The lowest BCUT2D eigenvalue weighted by atomic mass is 10.1. The van der Waals surface area contributed by atoms with E-state index >= 15 is 0 Å². The molecule has 32 heavy (non-hydrogen) atoms. The van der Waals surface area contributed by atoms with Gasteiger partial charge in [0, 0.05) is 22.2 Å². The van der Waals surface area contributed by atoms with Crippen LogP contribution in [-0.4, -0.2) is 22.9 Å². The first-order valence-corrected chi connectivity index (χ1v) is 11.1. The van der Waals surface area contributed by atoms with Crippen molar-refractivity contribution in [3.05, 3.63) is 90.0 Å². The number of amides is 2. The summed E-state index contributed by atoms with van der Waals surface area (Å²) in [7, 11) is 0. The van der Waals surface area contributed by atoms with E-state index < -0.39 is 11.2 Å². The van der Waals surface area contributed by atoms with E-state index in [2.05, 4.69) is 10.6 Å². The molecule has 0 aliphatic heterocycles. The standard InChI is InChI=1S/C25H22N2O4S/c28-23(17-12-13-17)26-20-10-5-11-21(15-20)32-22(16-6-2-1-3-7-16)24(29)27-19-9-4-8-18(14-19)25(30)31/h1-11,14-15,17,22H,12-13H2,(H,26,28)(H,27,29)(H,30,31). The summed E-state index contributed by atoms with van der Waals surface area (Å²) < 4.78 is 0. The molecule has 3 N–H and O–H groups in total. The van der Waals surface area contributed by atoms with E-state index in [-0.39, 0.29) is 23.3 Å². The molecule has 1 unspecified atom stereocenters. The number of benzene rings is 3. The van der Waals surface area contributed by atoms with Gasteiger partial charge < -0.3 is 15.7 Å². The van der Waals surface area contributed by atoms with Crippen molar-refractivity contribution in [3.63, 3.8) is 0 Å². The Kier molecular flexibility index (Phi) is 6.56. The van der Waals surface area contributed by atoms with Crippen molar-refractivity contribution in [2.45, 2.75) is 23.0 Å². The Bertz CT molecular complexity index is 1150. The summed E-state index contributed by atoms with van der Waals surface area (Å²) in [5.41, 5.74) is 2.04. The molecule has 0 aromatic heterocycles. The lowest BCUT2D eigenvalue weighted by molar-refractivity contribution is -0.117. The van der Waals surface area contributed by atoms with Gasteiger partial charge in [0.25, 0.3) is 0 Å². The number of rotatable bonds is 8. The molecule has 1 aliphatic rings. The fraction of sp³-hybridized carbons (Fsp3) is 0.160. The van der Waals surface area contributed by atoms with E-state index in [1.807, 2.05) is 54.6 Å². The minimum atomic E-state index is -1.06. The summed E-state index contributed by atoms with van der Waals surface area (Å²) in [6, 6.07) is 23.0. The number of hydrogen-bond acceptors (Lipinski definition) is 4. The molecule has 6 nitrogen and oxygen atoms in total. The van der Waals surface area contributed by atoms with E-state index in [1.54, 1.807) is 12.1 Å². The number of anilines is 2. The van der Waals surface area contributed by atoms with Gasteiger partial charge in [-0.3, -0.25) is 9.59 Å². The highest BCUT2D eigenvalue weighted by molar-refractivity contribution is 8.00.